The summed E-state index contributed by atoms with van der Waals surface area (Å²) < 4.78 is 5.85. The standard InChI is InChI=1S/C12H23NO3.C2H6/c1-5-6-13-8-9(16-12(2,3)4)7-10(13)11(14)15;1-2/h9-10H,5-8H2,1-4H3,(H,14,15);1-2H3. The van der Waals surface area contributed by atoms with Crippen molar-refractivity contribution in [2.45, 2.75) is 72.1 Å². The topological polar surface area (TPSA) is 49.8 Å². The van der Waals surface area contributed by atoms with Crippen LogP contribution in [0.1, 0.15) is 54.4 Å². The molecule has 0 spiro atoms. The molecule has 108 valence electrons. The number of ether oxygens (including phenoxy) is 1. The number of rotatable bonds is 4. The number of carboxylic acid groups (broad SMARTS) is 1. The van der Waals surface area contributed by atoms with Crippen LogP contribution < -0.4 is 0 Å². The fourth-order valence-electron chi connectivity index (χ4n) is 2.24. The molecule has 1 N–H and O–H groups in total. The molecule has 2 unspecified atom stereocenters. The predicted octanol–water partition coefficient (Wildman–Crippen LogP) is 2.77. The van der Waals surface area contributed by atoms with E-state index in [1.165, 1.54) is 0 Å². The van der Waals surface area contributed by atoms with Crippen LogP contribution in [0.15, 0.2) is 0 Å². The van der Waals surface area contributed by atoms with Gasteiger partial charge in [-0.3, -0.25) is 9.69 Å². The molecular weight excluding hydrogens is 230 g/mol. The number of aliphatic carboxylic acids is 1. The van der Waals surface area contributed by atoms with Crippen LogP contribution in [0.5, 0.6) is 0 Å². The minimum absolute atomic E-state index is 0.0487. The summed E-state index contributed by atoms with van der Waals surface area (Å²) in [7, 11) is 0. The van der Waals surface area contributed by atoms with Crippen LogP contribution in [0.4, 0.5) is 0 Å². The van der Waals surface area contributed by atoms with E-state index in [-0.39, 0.29) is 17.7 Å². The Kier molecular flexibility index (Phi) is 7.48. The summed E-state index contributed by atoms with van der Waals surface area (Å²) in [4.78, 5) is 13.1. The summed E-state index contributed by atoms with van der Waals surface area (Å²) in [5, 5.41) is 9.13. The molecule has 0 aromatic carbocycles. The van der Waals surface area contributed by atoms with Gasteiger partial charge in [0.1, 0.15) is 6.04 Å². The van der Waals surface area contributed by atoms with Gasteiger partial charge in [0.2, 0.25) is 0 Å². The minimum atomic E-state index is -0.728. The summed E-state index contributed by atoms with van der Waals surface area (Å²) in [6, 6.07) is -0.368. The van der Waals surface area contributed by atoms with Crippen LogP contribution >= 0.6 is 0 Å². The SMILES string of the molecule is CC.CCCN1CC(OC(C)(C)C)CC1C(=O)O. The highest BCUT2D eigenvalue weighted by Crippen LogP contribution is 2.24. The van der Waals surface area contributed by atoms with E-state index >= 15 is 0 Å². The lowest BCUT2D eigenvalue weighted by Crippen LogP contribution is -2.36. The van der Waals surface area contributed by atoms with Crippen molar-refractivity contribution in [3.63, 3.8) is 0 Å². The summed E-state index contributed by atoms with van der Waals surface area (Å²) in [5.41, 5.74) is -0.198. The number of carboxylic acids is 1. The molecule has 0 aliphatic carbocycles. The molecule has 0 radical (unpaired) electrons. The molecule has 2 atom stereocenters. The van der Waals surface area contributed by atoms with Crippen LogP contribution in [0, 0.1) is 0 Å². The lowest BCUT2D eigenvalue weighted by atomic mass is 10.1. The molecule has 0 amide bonds. The summed E-state index contributed by atoms with van der Waals surface area (Å²) in [6.45, 7) is 13.7. The highest BCUT2D eigenvalue weighted by Gasteiger charge is 2.38. The largest absolute Gasteiger partial charge is 0.480 e. The Labute approximate surface area is 111 Å². The molecule has 1 saturated heterocycles. The molecule has 0 saturated carbocycles. The van der Waals surface area contributed by atoms with Gasteiger partial charge in [0, 0.05) is 13.0 Å². The van der Waals surface area contributed by atoms with E-state index in [0.717, 1.165) is 19.5 Å². The lowest BCUT2D eigenvalue weighted by molar-refractivity contribution is -0.142. The van der Waals surface area contributed by atoms with Gasteiger partial charge in [0.05, 0.1) is 11.7 Å². The highest BCUT2D eigenvalue weighted by molar-refractivity contribution is 5.74. The molecule has 1 heterocycles. The van der Waals surface area contributed by atoms with E-state index in [1.807, 2.05) is 39.5 Å². The van der Waals surface area contributed by atoms with Gasteiger partial charge in [-0.15, -0.1) is 0 Å². The Morgan fingerprint density at radius 3 is 2.33 bits per heavy atom. The number of hydrogen-bond acceptors (Lipinski definition) is 3. The number of nitrogens with zero attached hydrogens (tertiary/aromatic N) is 1. The Balaban J connectivity index is 0.00000137. The minimum Gasteiger partial charge on any atom is -0.480 e. The zero-order valence-electron chi connectivity index (χ0n) is 12.7. The molecule has 0 aromatic rings. The first-order valence-corrected chi connectivity index (χ1v) is 6.98. The summed E-state index contributed by atoms with van der Waals surface area (Å²) in [6.07, 6.45) is 1.63. The molecule has 4 heteroatoms. The van der Waals surface area contributed by atoms with Gasteiger partial charge < -0.3 is 9.84 Å². The van der Waals surface area contributed by atoms with Gasteiger partial charge in [0.25, 0.3) is 0 Å². The normalized spacial score (nSPS) is 24.6. The third-order valence-corrected chi connectivity index (χ3v) is 2.68. The molecule has 0 bridgehead atoms. The smallest absolute Gasteiger partial charge is 0.321 e. The quantitative estimate of drug-likeness (QED) is 0.843. The van der Waals surface area contributed by atoms with E-state index in [1.54, 1.807) is 0 Å². The zero-order valence-corrected chi connectivity index (χ0v) is 12.7. The fourth-order valence-corrected chi connectivity index (χ4v) is 2.24. The fraction of sp³-hybridized carbons (Fsp3) is 0.929. The van der Waals surface area contributed by atoms with Crippen molar-refractivity contribution < 1.29 is 14.6 Å². The van der Waals surface area contributed by atoms with Crippen LogP contribution in [0.2, 0.25) is 0 Å². The maximum Gasteiger partial charge on any atom is 0.321 e. The number of carbonyl (C=O) groups is 1. The van der Waals surface area contributed by atoms with Crippen molar-refractivity contribution in [2.75, 3.05) is 13.1 Å². The summed E-state index contributed by atoms with van der Waals surface area (Å²) in [5.74, 6) is -0.728. The third-order valence-electron chi connectivity index (χ3n) is 2.68. The van der Waals surface area contributed by atoms with E-state index in [2.05, 4.69) is 6.92 Å². The Morgan fingerprint density at radius 2 is 1.94 bits per heavy atom. The Hall–Kier alpha value is -0.610. The average molecular weight is 259 g/mol. The van der Waals surface area contributed by atoms with Gasteiger partial charge in [-0.2, -0.15) is 0 Å². The molecule has 1 aliphatic heterocycles. The zero-order chi connectivity index (χ0) is 14.3. The first kappa shape index (κ1) is 17.4. The first-order chi connectivity index (χ1) is 8.33. The molecular formula is C14H29NO3. The van der Waals surface area contributed by atoms with Gasteiger partial charge in [-0.05, 0) is 33.7 Å². The molecule has 0 aromatic heterocycles. The second kappa shape index (κ2) is 7.74. The lowest BCUT2D eigenvalue weighted by Gasteiger charge is -2.24. The molecule has 4 nitrogen and oxygen atoms in total. The van der Waals surface area contributed by atoms with Crippen LogP contribution in [-0.2, 0) is 9.53 Å². The van der Waals surface area contributed by atoms with Crippen molar-refractivity contribution in [2.24, 2.45) is 0 Å². The van der Waals surface area contributed by atoms with Crippen molar-refractivity contribution in [1.29, 1.82) is 0 Å². The van der Waals surface area contributed by atoms with E-state index in [4.69, 9.17) is 9.84 Å². The molecule has 1 rings (SSSR count). The van der Waals surface area contributed by atoms with Gasteiger partial charge in [-0.1, -0.05) is 20.8 Å². The van der Waals surface area contributed by atoms with E-state index in [9.17, 15) is 4.79 Å². The van der Waals surface area contributed by atoms with Gasteiger partial charge in [0.15, 0.2) is 0 Å². The van der Waals surface area contributed by atoms with E-state index < -0.39 is 5.97 Å². The van der Waals surface area contributed by atoms with Crippen LogP contribution in [0.25, 0.3) is 0 Å². The number of hydrogen-bond donors (Lipinski definition) is 1. The van der Waals surface area contributed by atoms with Crippen LogP contribution in [0.3, 0.4) is 0 Å². The Bertz CT molecular complexity index is 248. The molecule has 1 aliphatic rings. The summed E-state index contributed by atoms with van der Waals surface area (Å²) >= 11 is 0. The maximum absolute atomic E-state index is 11.1. The first-order valence-electron chi connectivity index (χ1n) is 6.98. The van der Waals surface area contributed by atoms with E-state index in [0.29, 0.717) is 6.42 Å². The van der Waals surface area contributed by atoms with Crippen LogP contribution in [-0.4, -0.2) is 46.8 Å². The second-order valence-electron chi connectivity index (χ2n) is 5.44. The van der Waals surface area contributed by atoms with Gasteiger partial charge >= 0.3 is 5.97 Å². The second-order valence-corrected chi connectivity index (χ2v) is 5.44. The van der Waals surface area contributed by atoms with Gasteiger partial charge in [-0.25, -0.2) is 0 Å². The van der Waals surface area contributed by atoms with Crippen molar-refractivity contribution in [3.05, 3.63) is 0 Å². The van der Waals surface area contributed by atoms with Crippen molar-refractivity contribution in [3.8, 4) is 0 Å². The average Bonchev–Trinajstić information content (AvgIpc) is 2.62. The maximum atomic E-state index is 11.1. The molecule has 1 fully saturated rings. The molecule has 18 heavy (non-hydrogen) atoms. The third kappa shape index (κ3) is 5.83. The highest BCUT2D eigenvalue weighted by atomic mass is 16.5. The number of likely N-dealkylation sites (tertiary alicyclic amines) is 1. The predicted molar refractivity (Wildman–Crippen MR) is 73.9 cm³/mol. The Morgan fingerprint density at radius 1 is 1.39 bits per heavy atom. The van der Waals surface area contributed by atoms with Crippen molar-refractivity contribution in [1.82, 2.24) is 4.90 Å². The monoisotopic (exact) mass is 259 g/mol. The van der Waals surface area contributed by atoms with Crippen molar-refractivity contribution >= 4 is 5.97 Å².